The standard InChI is InChI=1S/C31H41N3O5/c1-4-18-32(3)28(36)25-24-16-17-31(39-24)26(25)29(37)34(23(20-35)21-12-8-6-9-13-21)27(31)30(38)33(19-5-2)22-14-10-7-11-15-22/h4-6,8-9,12-13,22-27,35H,1-2,7,10-11,14-20H2,3H3/t23-,24-,25+,26+,27?,31?/m1/s1. The van der Waals surface area contributed by atoms with Gasteiger partial charge in [0.2, 0.25) is 17.7 Å². The molecule has 3 heterocycles. The second kappa shape index (κ2) is 11.3. The Morgan fingerprint density at radius 2 is 1.79 bits per heavy atom. The normalized spacial score (nSPS) is 30.6. The molecule has 4 aliphatic rings. The molecule has 1 aliphatic carbocycles. The molecule has 8 nitrogen and oxygen atoms in total. The predicted molar refractivity (Wildman–Crippen MR) is 147 cm³/mol. The number of nitrogens with zero attached hydrogens (tertiary/aromatic N) is 3. The molecule has 39 heavy (non-hydrogen) atoms. The van der Waals surface area contributed by atoms with Gasteiger partial charge in [0, 0.05) is 26.2 Å². The Morgan fingerprint density at radius 1 is 1.10 bits per heavy atom. The number of aliphatic hydroxyl groups excluding tert-OH is 1. The van der Waals surface area contributed by atoms with Crippen LogP contribution in [-0.4, -0.2) is 88.1 Å². The largest absolute Gasteiger partial charge is 0.394 e. The zero-order valence-electron chi connectivity index (χ0n) is 22.9. The first-order valence-electron chi connectivity index (χ1n) is 14.3. The van der Waals surface area contributed by atoms with Gasteiger partial charge >= 0.3 is 0 Å². The average molecular weight is 536 g/mol. The van der Waals surface area contributed by atoms with Gasteiger partial charge in [0.1, 0.15) is 11.6 Å². The number of aliphatic hydroxyl groups is 1. The smallest absolute Gasteiger partial charge is 0.248 e. The van der Waals surface area contributed by atoms with E-state index in [2.05, 4.69) is 13.2 Å². The third-order valence-electron chi connectivity index (χ3n) is 9.35. The number of carbonyl (C=O) groups is 3. The molecule has 1 aromatic rings. The first kappa shape index (κ1) is 27.6. The van der Waals surface area contributed by atoms with Gasteiger partial charge in [0.05, 0.1) is 30.6 Å². The zero-order chi connectivity index (χ0) is 27.7. The molecule has 5 rings (SSSR count). The number of benzene rings is 1. The van der Waals surface area contributed by atoms with E-state index in [1.54, 1.807) is 29.0 Å². The summed E-state index contributed by atoms with van der Waals surface area (Å²) in [7, 11) is 1.71. The molecule has 3 amide bonds. The third-order valence-corrected chi connectivity index (χ3v) is 9.35. The molecule has 4 fully saturated rings. The Balaban J connectivity index is 1.60. The lowest BCUT2D eigenvalue weighted by Gasteiger charge is -2.42. The van der Waals surface area contributed by atoms with Gasteiger partial charge in [0.15, 0.2) is 0 Å². The first-order valence-corrected chi connectivity index (χ1v) is 14.3. The summed E-state index contributed by atoms with van der Waals surface area (Å²) < 4.78 is 6.64. The molecule has 1 N–H and O–H groups in total. The van der Waals surface area contributed by atoms with E-state index >= 15 is 0 Å². The molecule has 1 spiro atoms. The highest BCUT2D eigenvalue weighted by Crippen LogP contribution is 2.60. The van der Waals surface area contributed by atoms with E-state index < -0.39 is 35.6 Å². The molecule has 8 heteroatoms. The van der Waals surface area contributed by atoms with Crippen LogP contribution in [0.25, 0.3) is 0 Å². The third kappa shape index (κ3) is 4.51. The summed E-state index contributed by atoms with van der Waals surface area (Å²) in [5.41, 5.74) is -0.360. The van der Waals surface area contributed by atoms with Crippen LogP contribution in [0.3, 0.4) is 0 Å². The molecule has 0 radical (unpaired) electrons. The molecular formula is C31H41N3O5. The fourth-order valence-electron chi connectivity index (χ4n) is 7.66. The molecule has 2 bridgehead atoms. The Hall–Kier alpha value is -2.97. The second-order valence-electron chi connectivity index (χ2n) is 11.5. The maximum Gasteiger partial charge on any atom is 0.248 e. The van der Waals surface area contributed by atoms with Crippen molar-refractivity contribution in [2.24, 2.45) is 11.8 Å². The van der Waals surface area contributed by atoms with Crippen LogP contribution in [0.2, 0.25) is 0 Å². The van der Waals surface area contributed by atoms with Gasteiger partial charge < -0.3 is 24.5 Å². The van der Waals surface area contributed by atoms with Crippen molar-refractivity contribution in [1.82, 2.24) is 14.7 Å². The van der Waals surface area contributed by atoms with Gasteiger partial charge in [-0.05, 0) is 31.2 Å². The zero-order valence-corrected chi connectivity index (χ0v) is 22.9. The predicted octanol–water partition coefficient (Wildman–Crippen LogP) is 3.09. The van der Waals surface area contributed by atoms with Crippen molar-refractivity contribution in [3.8, 4) is 0 Å². The van der Waals surface area contributed by atoms with Gasteiger partial charge in [0.25, 0.3) is 0 Å². The van der Waals surface area contributed by atoms with Gasteiger partial charge in [-0.1, -0.05) is 61.7 Å². The van der Waals surface area contributed by atoms with E-state index in [-0.39, 0.29) is 30.4 Å². The summed E-state index contributed by atoms with van der Waals surface area (Å²) >= 11 is 0. The Morgan fingerprint density at radius 3 is 2.44 bits per heavy atom. The fourth-order valence-corrected chi connectivity index (χ4v) is 7.66. The van der Waals surface area contributed by atoms with Crippen LogP contribution in [0.15, 0.2) is 55.6 Å². The van der Waals surface area contributed by atoms with Crippen LogP contribution < -0.4 is 0 Å². The van der Waals surface area contributed by atoms with Crippen molar-refractivity contribution in [3.05, 3.63) is 61.2 Å². The molecule has 3 saturated heterocycles. The number of carbonyl (C=O) groups excluding carboxylic acids is 3. The molecule has 3 aliphatic heterocycles. The van der Waals surface area contributed by atoms with Gasteiger partial charge in [-0.25, -0.2) is 0 Å². The number of rotatable bonds is 10. The van der Waals surface area contributed by atoms with Crippen LogP contribution >= 0.6 is 0 Å². The molecule has 6 atom stereocenters. The summed E-state index contributed by atoms with van der Waals surface area (Å²) in [5.74, 6) is -2.07. The number of ether oxygens (including phenoxy) is 1. The Bertz CT molecular complexity index is 1100. The molecule has 2 unspecified atom stereocenters. The highest BCUT2D eigenvalue weighted by Gasteiger charge is 2.75. The maximum atomic E-state index is 14.7. The summed E-state index contributed by atoms with van der Waals surface area (Å²) in [4.78, 5) is 47.8. The minimum atomic E-state index is -1.11. The lowest BCUT2D eigenvalue weighted by atomic mass is 9.70. The molecule has 1 saturated carbocycles. The summed E-state index contributed by atoms with van der Waals surface area (Å²) in [6, 6.07) is 7.74. The number of likely N-dealkylation sites (N-methyl/N-ethyl adjacent to an activating group) is 1. The lowest BCUT2D eigenvalue weighted by Crippen LogP contribution is -2.59. The Kier molecular flexibility index (Phi) is 7.96. The Labute approximate surface area is 231 Å². The monoisotopic (exact) mass is 535 g/mol. The van der Waals surface area contributed by atoms with Gasteiger partial charge in [-0.15, -0.1) is 13.2 Å². The van der Waals surface area contributed by atoms with E-state index in [0.717, 1.165) is 37.7 Å². The minimum absolute atomic E-state index is 0.0655. The van der Waals surface area contributed by atoms with Crippen molar-refractivity contribution >= 4 is 17.7 Å². The van der Waals surface area contributed by atoms with Crippen molar-refractivity contribution in [2.45, 2.75) is 74.8 Å². The SMILES string of the molecule is C=CCN(C)C(=O)[C@@H]1[C@H]2C(=O)N([C@H](CO)c3ccccc3)C(C(=O)N(CC=C)C3CCCCC3)C23CC[C@H]1O3. The minimum Gasteiger partial charge on any atom is -0.394 e. The fraction of sp³-hybridized carbons (Fsp3) is 0.581. The van der Waals surface area contributed by atoms with Crippen LogP contribution in [0.4, 0.5) is 0 Å². The van der Waals surface area contributed by atoms with Crippen LogP contribution in [-0.2, 0) is 19.1 Å². The topological polar surface area (TPSA) is 90.4 Å². The molecule has 0 aromatic heterocycles. The number of hydrogen-bond acceptors (Lipinski definition) is 5. The summed E-state index contributed by atoms with van der Waals surface area (Å²) in [5, 5.41) is 10.6. The highest BCUT2D eigenvalue weighted by atomic mass is 16.5. The van der Waals surface area contributed by atoms with E-state index in [0.29, 0.717) is 25.9 Å². The summed E-state index contributed by atoms with van der Waals surface area (Å²) in [6.07, 6.45) is 9.21. The molecule has 210 valence electrons. The van der Waals surface area contributed by atoms with Crippen LogP contribution in [0.1, 0.15) is 56.6 Å². The number of likely N-dealkylation sites (tertiary alicyclic amines) is 1. The summed E-state index contributed by atoms with van der Waals surface area (Å²) in [6.45, 7) is 8.07. The van der Waals surface area contributed by atoms with Crippen molar-refractivity contribution in [2.75, 3.05) is 26.7 Å². The van der Waals surface area contributed by atoms with Gasteiger partial charge in [-0.2, -0.15) is 0 Å². The molecular weight excluding hydrogens is 494 g/mol. The number of fused-ring (bicyclic) bond motifs is 1. The average Bonchev–Trinajstić information content (AvgIpc) is 3.60. The van der Waals surface area contributed by atoms with Gasteiger partial charge in [-0.3, -0.25) is 14.4 Å². The van der Waals surface area contributed by atoms with Crippen molar-refractivity contribution < 1.29 is 24.2 Å². The van der Waals surface area contributed by atoms with E-state index in [4.69, 9.17) is 4.74 Å². The first-order chi connectivity index (χ1) is 18.9. The van der Waals surface area contributed by atoms with E-state index in [1.165, 1.54) is 0 Å². The van der Waals surface area contributed by atoms with E-state index in [1.807, 2.05) is 35.2 Å². The van der Waals surface area contributed by atoms with E-state index in [9.17, 15) is 19.5 Å². The van der Waals surface area contributed by atoms with Crippen molar-refractivity contribution in [1.29, 1.82) is 0 Å². The lowest BCUT2D eigenvalue weighted by molar-refractivity contribution is -0.153. The molecule has 1 aromatic carbocycles. The highest BCUT2D eigenvalue weighted by molar-refractivity contribution is 5.99. The quantitative estimate of drug-likeness (QED) is 0.465. The second-order valence-corrected chi connectivity index (χ2v) is 11.5. The van der Waals surface area contributed by atoms with Crippen molar-refractivity contribution in [3.63, 3.8) is 0 Å². The van der Waals surface area contributed by atoms with Crippen LogP contribution in [0, 0.1) is 11.8 Å². The number of hydrogen-bond donors (Lipinski definition) is 1. The van der Waals surface area contributed by atoms with Crippen LogP contribution in [0.5, 0.6) is 0 Å². The maximum absolute atomic E-state index is 14.7. The number of amides is 3.